The second-order valence-corrected chi connectivity index (χ2v) is 5.48. The van der Waals surface area contributed by atoms with Gasteiger partial charge in [-0.15, -0.1) is 0 Å². The first kappa shape index (κ1) is 14.9. The summed E-state index contributed by atoms with van der Waals surface area (Å²) < 4.78 is 5.05. The van der Waals surface area contributed by atoms with Gasteiger partial charge in [0, 0.05) is 32.8 Å². The van der Waals surface area contributed by atoms with Crippen LogP contribution in [0.2, 0.25) is 0 Å². The average molecular weight is 216 g/mol. The summed E-state index contributed by atoms with van der Waals surface area (Å²) in [5, 5.41) is 0. The SMILES string of the molecule is COCCCN(C)C(CN)CC(C)(C)C. The lowest BCUT2D eigenvalue weighted by Crippen LogP contribution is -2.41. The minimum absolute atomic E-state index is 0.347. The van der Waals surface area contributed by atoms with E-state index in [0.29, 0.717) is 11.5 Å². The van der Waals surface area contributed by atoms with E-state index in [1.807, 2.05) is 0 Å². The minimum Gasteiger partial charge on any atom is -0.385 e. The highest BCUT2D eigenvalue weighted by Gasteiger charge is 2.20. The summed E-state index contributed by atoms with van der Waals surface area (Å²) >= 11 is 0. The molecule has 0 bridgehead atoms. The van der Waals surface area contributed by atoms with Crippen LogP contribution < -0.4 is 5.73 Å². The van der Waals surface area contributed by atoms with Crippen LogP contribution in [0.5, 0.6) is 0 Å². The van der Waals surface area contributed by atoms with E-state index in [2.05, 4.69) is 32.7 Å². The first-order valence-electron chi connectivity index (χ1n) is 5.80. The molecule has 3 heteroatoms. The predicted octanol–water partition coefficient (Wildman–Crippen LogP) is 1.72. The lowest BCUT2D eigenvalue weighted by molar-refractivity contribution is 0.148. The van der Waals surface area contributed by atoms with E-state index in [-0.39, 0.29) is 0 Å². The zero-order valence-electron chi connectivity index (χ0n) is 11.0. The number of nitrogens with zero attached hydrogens (tertiary/aromatic N) is 1. The van der Waals surface area contributed by atoms with Crippen molar-refractivity contribution >= 4 is 0 Å². The van der Waals surface area contributed by atoms with Crippen molar-refractivity contribution in [3.05, 3.63) is 0 Å². The molecule has 0 saturated carbocycles. The highest BCUT2D eigenvalue weighted by atomic mass is 16.5. The van der Waals surface area contributed by atoms with Crippen molar-refractivity contribution in [1.29, 1.82) is 0 Å². The Labute approximate surface area is 95.0 Å². The van der Waals surface area contributed by atoms with E-state index in [4.69, 9.17) is 10.5 Å². The van der Waals surface area contributed by atoms with E-state index >= 15 is 0 Å². The molecular formula is C12H28N2O. The van der Waals surface area contributed by atoms with Crippen molar-refractivity contribution in [2.75, 3.05) is 33.9 Å². The van der Waals surface area contributed by atoms with Crippen LogP contribution in [0.4, 0.5) is 0 Å². The monoisotopic (exact) mass is 216 g/mol. The van der Waals surface area contributed by atoms with Gasteiger partial charge in [0.25, 0.3) is 0 Å². The predicted molar refractivity (Wildman–Crippen MR) is 66.0 cm³/mol. The minimum atomic E-state index is 0.347. The van der Waals surface area contributed by atoms with Crippen molar-refractivity contribution in [3.63, 3.8) is 0 Å². The molecule has 0 rings (SSSR count). The highest BCUT2D eigenvalue weighted by molar-refractivity contribution is 4.76. The van der Waals surface area contributed by atoms with Crippen LogP contribution in [0.1, 0.15) is 33.6 Å². The van der Waals surface area contributed by atoms with Crippen molar-refractivity contribution in [2.24, 2.45) is 11.1 Å². The van der Waals surface area contributed by atoms with E-state index in [1.165, 1.54) is 0 Å². The van der Waals surface area contributed by atoms with Crippen LogP contribution in [0.15, 0.2) is 0 Å². The third kappa shape index (κ3) is 7.77. The summed E-state index contributed by atoms with van der Waals surface area (Å²) in [7, 11) is 3.90. The van der Waals surface area contributed by atoms with Gasteiger partial charge in [-0.05, 0) is 25.3 Å². The van der Waals surface area contributed by atoms with Gasteiger partial charge in [-0.3, -0.25) is 0 Å². The Balaban J connectivity index is 3.93. The maximum Gasteiger partial charge on any atom is 0.0474 e. The van der Waals surface area contributed by atoms with Crippen LogP contribution in [0.25, 0.3) is 0 Å². The molecule has 0 spiro atoms. The third-order valence-corrected chi connectivity index (χ3v) is 2.60. The second-order valence-electron chi connectivity index (χ2n) is 5.48. The first-order chi connectivity index (χ1) is 6.90. The molecule has 1 unspecified atom stereocenters. The molecule has 0 aliphatic heterocycles. The lowest BCUT2D eigenvalue weighted by atomic mass is 9.87. The van der Waals surface area contributed by atoms with Crippen molar-refractivity contribution < 1.29 is 4.74 Å². The average Bonchev–Trinajstić information content (AvgIpc) is 2.13. The molecule has 0 radical (unpaired) electrons. The lowest BCUT2D eigenvalue weighted by Gasteiger charge is -2.32. The van der Waals surface area contributed by atoms with Gasteiger partial charge in [0.2, 0.25) is 0 Å². The molecule has 15 heavy (non-hydrogen) atoms. The second kappa shape index (κ2) is 7.20. The molecule has 0 aromatic carbocycles. The molecule has 92 valence electrons. The molecule has 0 fully saturated rings. The Morgan fingerprint density at radius 3 is 2.33 bits per heavy atom. The van der Waals surface area contributed by atoms with Crippen LogP contribution in [-0.4, -0.2) is 44.8 Å². The van der Waals surface area contributed by atoms with Crippen molar-refractivity contribution in [1.82, 2.24) is 4.90 Å². The number of ether oxygens (including phenoxy) is 1. The zero-order chi connectivity index (χ0) is 11.9. The van der Waals surface area contributed by atoms with Crippen LogP contribution >= 0.6 is 0 Å². The molecule has 0 aliphatic carbocycles. The number of methoxy groups -OCH3 is 1. The van der Waals surface area contributed by atoms with E-state index in [1.54, 1.807) is 7.11 Å². The van der Waals surface area contributed by atoms with Crippen LogP contribution in [-0.2, 0) is 4.74 Å². The molecule has 0 aliphatic rings. The van der Waals surface area contributed by atoms with Gasteiger partial charge in [-0.25, -0.2) is 0 Å². The Morgan fingerprint density at radius 1 is 1.33 bits per heavy atom. The van der Waals surface area contributed by atoms with Crippen LogP contribution in [0.3, 0.4) is 0 Å². The molecule has 0 heterocycles. The summed E-state index contributed by atoms with van der Waals surface area (Å²) in [6.45, 7) is 9.42. The molecule has 0 saturated heterocycles. The fourth-order valence-electron chi connectivity index (χ4n) is 1.77. The maximum atomic E-state index is 5.81. The summed E-state index contributed by atoms with van der Waals surface area (Å²) in [6.07, 6.45) is 2.22. The van der Waals surface area contributed by atoms with Gasteiger partial charge in [0.1, 0.15) is 0 Å². The molecular weight excluding hydrogens is 188 g/mol. The van der Waals surface area contributed by atoms with Gasteiger partial charge >= 0.3 is 0 Å². The van der Waals surface area contributed by atoms with Gasteiger partial charge < -0.3 is 15.4 Å². The fourth-order valence-corrected chi connectivity index (χ4v) is 1.77. The molecule has 0 aromatic rings. The molecule has 1 atom stereocenters. The molecule has 0 amide bonds. The first-order valence-corrected chi connectivity index (χ1v) is 5.80. The summed E-state index contributed by atoms with van der Waals surface area (Å²) in [4.78, 5) is 2.35. The highest BCUT2D eigenvalue weighted by Crippen LogP contribution is 2.22. The number of nitrogens with two attached hydrogens (primary N) is 1. The Bertz CT molecular complexity index is 154. The van der Waals surface area contributed by atoms with E-state index in [0.717, 1.165) is 32.5 Å². The third-order valence-electron chi connectivity index (χ3n) is 2.60. The number of likely N-dealkylation sites (N-methyl/N-ethyl adjacent to an activating group) is 1. The molecule has 0 aromatic heterocycles. The number of hydrogen-bond acceptors (Lipinski definition) is 3. The number of rotatable bonds is 7. The normalized spacial score (nSPS) is 14.6. The smallest absolute Gasteiger partial charge is 0.0474 e. The summed E-state index contributed by atoms with van der Waals surface area (Å²) in [5.74, 6) is 0. The van der Waals surface area contributed by atoms with E-state index in [9.17, 15) is 0 Å². The van der Waals surface area contributed by atoms with Crippen molar-refractivity contribution in [3.8, 4) is 0 Å². The summed E-state index contributed by atoms with van der Waals surface area (Å²) in [6, 6.07) is 0.488. The van der Waals surface area contributed by atoms with Gasteiger partial charge in [-0.2, -0.15) is 0 Å². The Morgan fingerprint density at radius 2 is 1.93 bits per heavy atom. The zero-order valence-corrected chi connectivity index (χ0v) is 11.0. The maximum absolute atomic E-state index is 5.81. The van der Waals surface area contributed by atoms with E-state index < -0.39 is 0 Å². The largest absolute Gasteiger partial charge is 0.385 e. The molecule has 2 N–H and O–H groups in total. The number of hydrogen-bond donors (Lipinski definition) is 1. The fraction of sp³-hybridized carbons (Fsp3) is 1.00. The quantitative estimate of drug-likeness (QED) is 0.659. The van der Waals surface area contributed by atoms with Crippen molar-refractivity contribution in [2.45, 2.75) is 39.7 Å². The van der Waals surface area contributed by atoms with Crippen LogP contribution in [0, 0.1) is 5.41 Å². The van der Waals surface area contributed by atoms with Gasteiger partial charge in [-0.1, -0.05) is 20.8 Å². The van der Waals surface area contributed by atoms with Gasteiger partial charge in [0.05, 0.1) is 0 Å². The van der Waals surface area contributed by atoms with Gasteiger partial charge in [0.15, 0.2) is 0 Å². The molecule has 3 nitrogen and oxygen atoms in total. The Kier molecular flexibility index (Phi) is 7.14. The summed E-state index contributed by atoms with van der Waals surface area (Å²) in [5.41, 5.74) is 6.16. The topological polar surface area (TPSA) is 38.5 Å². The standard InChI is InChI=1S/C12H28N2O/c1-12(2,3)9-11(10-13)14(4)7-6-8-15-5/h11H,6-10,13H2,1-5H3. The Hall–Kier alpha value is -0.120.